The van der Waals surface area contributed by atoms with Crippen molar-refractivity contribution >= 4 is 12.0 Å². The van der Waals surface area contributed by atoms with E-state index in [1.165, 1.54) is 0 Å². The average Bonchev–Trinajstić information content (AvgIpc) is 2.97. The van der Waals surface area contributed by atoms with Crippen molar-refractivity contribution in [3.8, 4) is 0 Å². The van der Waals surface area contributed by atoms with E-state index in [1.54, 1.807) is 4.90 Å². The fourth-order valence-electron chi connectivity index (χ4n) is 3.00. The van der Waals surface area contributed by atoms with Gasteiger partial charge in [-0.05, 0) is 58.9 Å². The number of amides is 2. The van der Waals surface area contributed by atoms with Crippen LogP contribution in [-0.4, -0.2) is 54.7 Å². The molecule has 0 aliphatic carbocycles. The number of nitrogens with zero attached hydrogens (tertiary/aromatic N) is 1. The lowest BCUT2D eigenvalue weighted by molar-refractivity contribution is -0.123. The summed E-state index contributed by atoms with van der Waals surface area (Å²) in [6, 6.07) is -0.0365. The predicted molar refractivity (Wildman–Crippen MR) is 84.6 cm³/mol. The van der Waals surface area contributed by atoms with Gasteiger partial charge in [-0.1, -0.05) is 0 Å². The SMILES string of the molecule is CC(C)(C)OC(=O)N1CCC[C@H](CNC(=O)C2CCCN2)C1. The Morgan fingerprint density at radius 2 is 2.05 bits per heavy atom. The lowest BCUT2D eigenvalue weighted by atomic mass is 9.98. The number of carbonyl (C=O) groups is 2. The maximum Gasteiger partial charge on any atom is 0.410 e. The van der Waals surface area contributed by atoms with E-state index >= 15 is 0 Å². The third kappa shape index (κ3) is 5.16. The Kier molecular flexibility index (Phi) is 5.67. The summed E-state index contributed by atoms with van der Waals surface area (Å²) >= 11 is 0. The first-order valence-electron chi connectivity index (χ1n) is 8.34. The Hall–Kier alpha value is -1.30. The molecule has 0 aromatic heterocycles. The number of piperidine rings is 1. The lowest BCUT2D eigenvalue weighted by Crippen LogP contribution is -2.47. The number of hydrogen-bond donors (Lipinski definition) is 2. The minimum Gasteiger partial charge on any atom is -0.444 e. The molecule has 0 radical (unpaired) electrons. The van der Waals surface area contributed by atoms with Gasteiger partial charge in [0.2, 0.25) is 5.91 Å². The van der Waals surface area contributed by atoms with Gasteiger partial charge in [-0.2, -0.15) is 0 Å². The maximum atomic E-state index is 12.1. The lowest BCUT2D eigenvalue weighted by Gasteiger charge is -2.34. The number of likely N-dealkylation sites (tertiary alicyclic amines) is 1. The van der Waals surface area contributed by atoms with Gasteiger partial charge in [0.15, 0.2) is 0 Å². The molecule has 2 atom stereocenters. The minimum atomic E-state index is -0.466. The average molecular weight is 311 g/mol. The summed E-state index contributed by atoms with van der Waals surface area (Å²) in [5.41, 5.74) is -0.466. The van der Waals surface area contributed by atoms with Crippen LogP contribution in [0, 0.1) is 5.92 Å². The maximum absolute atomic E-state index is 12.1. The molecule has 2 fully saturated rings. The Labute approximate surface area is 132 Å². The van der Waals surface area contributed by atoms with Crippen LogP contribution in [0.15, 0.2) is 0 Å². The molecule has 2 aliphatic heterocycles. The van der Waals surface area contributed by atoms with Crippen LogP contribution in [0.3, 0.4) is 0 Å². The molecule has 0 saturated carbocycles. The monoisotopic (exact) mass is 311 g/mol. The van der Waals surface area contributed by atoms with E-state index in [4.69, 9.17) is 4.74 Å². The zero-order valence-electron chi connectivity index (χ0n) is 14.0. The van der Waals surface area contributed by atoms with Crippen molar-refractivity contribution in [2.45, 2.75) is 58.1 Å². The number of rotatable bonds is 3. The van der Waals surface area contributed by atoms with Crippen molar-refractivity contribution in [3.05, 3.63) is 0 Å². The van der Waals surface area contributed by atoms with Crippen molar-refractivity contribution in [1.29, 1.82) is 0 Å². The summed E-state index contributed by atoms with van der Waals surface area (Å²) < 4.78 is 5.42. The first-order chi connectivity index (χ1) is 10.3. The molecular weight excluding hydrogens is 282 g/mol. The van der Waals surface area contributed by atoms with E-state index in [2.05, 4.69) is 10.6 Å². The fraction of sp³-hybridized carbons (Fsp3) is 0.875. The van der Waals surface area contributed by atoms with Gasteiger partial charge in [0, 0.05) is 19.6 Å². The highest BCUT2D eigenvalue weighted by atomic mass is 16.6. The van der Waals surface area contributed by atoms with E-state index < -0.39 is 5.60 Å². The normalized spacial score (nSPS) is 25.9. The fourth-order valence-corrected chi connectivity index (χ4v) is 3.00. The quantitative estimate of drug-likeness (QED) is 0.829. The van der Waals surface area contributed by atoms with Gasteiger partial charge < -0.3 is 20.3 Å². The highest BCUT2D eigenvalue weighted by Gasteiger charge is 2.28. The molecule has 2 N–H and O–H groups in total. The van der Waals surface area contributed by atoms with E-state index in [1.807, 2.05) is 20.8 Å². The van der Waals surface area contributed by atoms with E-state index in [-0.39, 0.29) is 18.0 Å². The number of nitrogens with one attached hydrogen (secondary N) is 2. The topological polar surface area (TPSA) is 70.7 Å². The molecule has 1 unspecified atom stereocenters. The summed E-state index contributed by atoms with van der Waals surface area (Å²) in [5.74, 6) is 0.401. The predicted octanol–water partition coefficient (Wildman–Crippen LogP) is 1.50. The van der Waals surface area contributed by atoms with Crippen molar-refractivity contribution in [2.75, 3.05) is 26.2 Å². The zero-order valence-corrected chi connectivity index (χ0v) is 14.0. The van der Waals surface area contributed by atoms with Gasteiger partial charge in [0.25, 0.3) is 0 Å². The molecule has 126 valence electrons. The van der Waals surface area contributed by atoms with Gasteiger partial charge in [-0.3, -0.25) is 4.79 Å². The largest absolute Gasteiger partial charge is 0.444 e. The Morgan fingerprint density at radius 3 is 2.68 bits per heavy atom. The highest BCUT2D eigenvalue weighted by molar-refractivity contribution is 5.82. The van der Waals surface area contributed by atoms with Gasteiger partial charge in [-0.15, -0.1) is 0 Å². The molecule has 0 bridgehead atoms. The number of ether oxygens (including phenoxy) is 1. The molecule has 6 nitrogen and oxygen atoms in total. The first-order valence-corrected chi connectivity index (χ1v) is 8.34. The van der Waals surface area contributed by atoms with Crippen LogP contribution in [0.5, 0.6) is 0 Å². The van der Waals surface area contributed by atoms with Crippen molar-refractivity contribution in [2.24, 2.45) is 5.92 Å². The number of carbonyl (C=O) groups excluding carboxylic acids is 2. The van der Waals surface area contributed by atoms with Crippen molar-refractivity contribution < 1.29 is 14.3 Å². The molecule has 2 amide bonds. The Balaban J connectivity index is 1.75. The standard InChI is InChI=1S/C16H29N3O3/c1-16(2,3)22-15(21)19-9-5-6-12(11-19)10-18-14(20)13-7-4-8-17-13/h12-13,17H,4-11H2,1-3H3,(H,18,20)/t12-,13?/m1/s1. The summed E-state index contributed by atoms with van der Waals surface area (Å²) in [7, 11) is 0. The molecule has 0 spiro atoms. The van der Waals surface area contributed by atoms with Gasteiger partial charge >= 0.3 is 6.09 Å². The van der Waals surface area contributed by atoms with Crippen LogP contribution >= 0.6 is 0 Å². The molecule has 0 aromatic carbocycles. The second-order valence-electron chi connectivity index (χ2n) is 7.33. The summed E-state index contributed by atoms with van der Waals surface area (Å²) in [6.07, 6.45) is 3.73. The second kappa shape index (κ2) is 7.31. The highest BCUT2D eigenvalue weighted by Crippen LogP contribution is 2.19. The third-order valence-corrected chi connectivity index (χ3v) is 4.11. The van der Waals surface area contributed by atoms with Crippen molar-refractivity contribution in [1.82, 2.24) is 15.5 Å². The van der Waals surface area contributed by atoms with Gasteiger partial charge in [0.05, 0.1) is 6.04 Å². The van der Waals surface area contributed by atoms with Crippen LogP contribution in [0.4, 0.5) is 4.79 Å². The van der Waals surface area contributed by atoms with Crippen LogP contribution < -0.4 is 10.6 Å². The molecular formula is C16H29N3O3. The summed E-state index contributed by atoms with van der Waals surface area (Å²) in [5, 5.41) is 6.22. The van der Waals surface area contributed by atoms with E-state index in [0.717, 1.165) is 38.8 Å². The molecule has 22 heavy (non-hydrogen) atoms. The molecule has 2 rings (SSSR count). The summed E-state index contributed by atoms with van der Waals surface area (Å²) in [6.45, 7) is 8.59. The molecule has 2 heterocycles. The van der Waals surface area contributed by atoms with Crippen LogP contribution in [0.2, 0.25) is 0 Å². The van der Waals surface area contributed by atoms with E-state index in [0.29, 0.717) is 19.0 Å². The van der Waals surface area contributed by atoms with Crippen LogP contribution in [-0.2, 0) is 9.53 Å². The second-order valence-corrected chi connectivity index (χ2v) is 7.33. The Morgan fingerprint density at radius 1 is 1.27 bits per heavy atom. The molecule has 2 aliphatic rings. The zero-order chi connectivity index (χ0) is 16.2. The third-order valence-electron chi connectivity index (χ3n) is 4.11. The number of hydrogen-bond acceptors (Lipinski definition) is 4. The molecule has 6 heteroatoms. The minimum absolute atomic E-state index is 0.0365. The van der Waals surface area contributed by atoms with Gasteiger partial charge in [-0.25, -0.2) is 4.79 Å². The summed E-state index contributed by atoms with van der Waals surface area (Å²) in [4.78, 5) is 25.9. The van der Waals surface area contributed by atoms with E-state index in [9.17, 15) is 9.59 Å². The van der Waals surface area contributed by atoms with Crippen molar-refractivity contribution in [3.63, 3.8) is 0 Å². The van der Waals surface area contributed by atoms with Gasteiger partial charge in [0.1, 0.15) is 5.60 Å². The Bertz CT molecular complexity index is 400. The van der Waals surface area contributed by atoms with Crippen LogP contribution in [0.1, 0.15) is 46.5 Å². The first kappa shape index (κ1) is 17.1. The molecule has 2 saturated heterocycles. The molecule has 0 aromatic rings. The smallest absolute Gasteiger partial charge is 0.410 e. The van der Waals surface area contributed by atoms with Crippen LogP contribution in [0.25, 0.3) is 0 Å².